The van der Waals surface area contributed by atoms with Gasteiger partial charge >= 0.3 is 0 Å². The molecule has 1 aromatic carbocycles. The highest BCUT2D eigenvalue weighted by Crippen LogP contribution is 2.26. The molecule has 0 aliphatic carbocycles. The zero-order valence-corrected chi connectivity index (χ0v) is 15.6. The fraction of sp³-hybridized carbons (Fsp3) is 0.353. The Bertz CT molecular complexity index is 816. The molecule has 0 spiro atoms. The molecule has 0 saturated carbocycles. The van der Waals surface area contributed by atoms with E-state index in [0.29, 0.717) is 39.8 Å². The summed E-state index contributed by atoms with van der Waals surface area (Å²) >= 11 is 1.25. The number of aryl methyl sites for hydroxylation is 1. The number of hydrogen-bond donors (Lipinski definition) is 2. The van der Waals surface area contributed by atoms with Crippen LogP contribution in [0.1, 0.15) is 27.2 Å². The van der Waals surface area contributed by atoms with E-state index in [9.17, 15) is 13.4 Å². The molecule has 2 unspecified atom stereocenters. The highest BCUT2D eigenvalue weighted by Gasteiger charge is 2.22. The second kappa shape index (κ2) is 7.74. The molecule has 25 heavy (non-hydrogen) atoms. The van der Waals surface area contributed by atoms with Gasteiger partial charge in [-0.1, -0.05) is 0 Å². The van der Waals surface area contributed by atoms with Crippen LogP contribution in [0, 0.1) is 19.7 Å². The number of halogens is 1. The van der Waals surface area contributed by atoms with Crippen LogP contribution in [-0.2, 0) is 15.7 Å². The number of thiophene rings is 1. The van der Waals surface area contributed by atoms with E-state index in [-0.39, 0.29) is 17.8 Å². The molecule has 1 amide bonds. The van der Waals surface area contributed by atoms with Crippen molar-refractivity contribution in [1.82, 2.24) is 4.72 Å². The van der Waals surface area contributed by atoms with Crippen molar-refractivity contribution in [2.75, 3.05) is 18.5 Å². The van der Waals surface area contributed by atoms with Crippen LogP contribution in [0.15, 0.2) is 28.5 Å². The number of rotatable bonds is 5. The third-order valence-electron chi connectivity index (χ3n) is 4.02. The number of carbonyl (C=O) groups excluding carboxylic acids is 1. The summed E-state index contributed by atoms with van der Waals surface area (Å²) in [5.74, 6) is -0.606. The highest BCUT2D eigenvalue weighted by atomic mass is 32.2. The zero-order valence-electron chi connectivity index (χ0n) is 13.9. The molecule has 2 aromatic rings. The lowest BCUT2D eigenvalue weighted by Crippen LogP contribution is -2.31. The lowest BCUT2D eigenvalue weighted by atomic mass is 10.2. The maximum atomic E-state index is 13.3. The molecule has 1 aliphatic rings. The van der Waals surface area contributed by atoms with Crippen LogP contribution in [-0.4, -0.2) is 29.4 Å². The van der Waals surface area contributed by atoms with E-state index in [1.54, 1.807) is 25.3 Å². The smallest absolute Gasteiger partial charge is 0.266 e. The summed E-state index contributed by atoms with van der Waals surface area (Å²) in [7, 11) is -1.38. The van der Waals surface area contributed by atoms with E-state index in [0.717, 1.165) is 6.42 Å². The van der Waals surface area contributed by atoms with Crippen LogP contribution < -0.4 is 10.0 Å². The normalized spacial score (nSPS) is 18.3. The van der Waals surface area contributed by atoms with Crippen molar-refractivity contribution < 1.29 is 18.1 Å². The Morgan fingerprint density at radius 2 is 2.20 bits per heavy atom. The van der Waals surface area contributed by atoms with Crippen molar-refractivity contribution in [3.8, 4) is 0 Å². The van der Waals surface area contributed by atoms with Crippen molar-refractivity contribution in [3.63, 3.8) is 0 Å². The van der Waals surface area contributed by atoms with Gasteiger partial charge in [-0.05, 0) is 49.6 Å². The molecule has 2 atom stereocenters. The lowest BCUT2D eigenvalue weighted by Gasteiger charge is -2.10. The van der Waals surface area contributed by atoms with Crippen molar-refractivity contribution in [1.29, 1.82) is 0 Å². The molecule has 5 nitrogen and oxygen atoms in total. The molecule has 2 N–H and O–H groups in total. The Morgan fingerprint density at radius 1 is 1.40 bits per heavy atom. The van der Waals surface area contributed by atoms with Crippen LogP contribution in [0.3, 0.4) is 0 Å². The first-order chi connectivity index (χ1) is 12.0. The number of carbonyl (C=O) groups is 1. The average Bonchev–Trinajstić information content (AvgIpc) is 3.20. The van der Waals surface area contributed by atoms with Gasteiger partial charge in [0.1, 0.15) is 16.8 Å². The van der Waals surface area contributed by atoms with Gasteiger partial charge in [0.05, 0.1) is 16.4 Å². The van der Waals surface area contributed by atoms with E-state index < -0.39 is 11.0 Å². The molecule has 2 heterocycles. The molecular weight excluding hydrogens is 363 g/mol. The Morgan fingerprint density at radius 3 is 2.88 bits per heavy atom. The summed E-state index contributed by atoms with van der Waals surface area (Å²) in [6.45, 7) is 4.64. The maximum absolute atomic E-state index is 13.3. The summed E-state index contributed by atoms with van der Waals surface area (Å²) in [5.41, 5.74) is 1.68. The van der Waals surface area contributed by atoms with Crippen molar-refractivity contribution in [2.24, 2.45) is 0 Å². The summed E-state index contributed by atoms with van der Waals surface area (Å²) < 4.78 is 34.1. The lowest BCUT2D eigenvalue weighted by molar-refractivity contribution is 0.103. The summed E-state index contributed by atoms with van der Waals surface area (Å²) in [6.07, 6.45) is 0.826. The Balaban J connectivity index is 1.72. The minimum Gasteiger partial charge on any atom is -0.380 e. The first-order valence-corrected chi connectivity index (χ1v) is 9.90. The number of nitrogens with one attached hydrogen (secondary N) is 2. The summed E-state index contributed by atoms with van der Waals surface area (Å²) in [4.78, 5) is 13.6. The van der Waals surface area contributed by atoms with Gasteiger partial charge in [0.15, 0.2) is 0 Å². The molecule has 3 rings (SSSR count). The number of benzene rings is 1. The van der Waals surface area contributed by atoms with Gasteiger partial charge in [0, 0.05) is 23.7 Å². The second-order valence-electron chi connectivity index (χ2n) is 5.92. The molecule has 8 heteroatoms. The number of amides is 1. The van der Waals surface area contributed by atoms with Crippen molar-refractivity contribution >= 4 is 33.9 Å². The predicted molar refractivity (Wildman–Crippen MR) is 96.9 cm³/mol. The standard InChI is InChI=1S/C17H19FN2O3S2/c1-10-7-12(3-4-14(10)18)19-17(21)16-11(2)15(9-24-16)25(22)20-13-5-6-23-8-13/h3-4,7,9,13,20H,5-6,8H2,1-2H3,(H,19,21). The molecule has 1 saturated heterocycles. The van der Waals surface area contributed by atoms with Crippen LogP contribution in [0.25, 0.3) is 0 Å². The molecule has 1 aliphatic heterocycles. The third-order valence-corrected chi connectivity index (χ3v) is 6.62. The molecular formula is C17H19FN2O3S2. The van der Waals surface area contributed by atoms with Crippen LogP contribution >= 0.6 is 11.3 Å². The van der Waals surface area contributed by atoms with E-state index in [2.05, 4.69) is 10.0 Å². The first-order valence-electron chi connectivity index (χ1n) is 7.87. The van der Waals surface area contributed by atoms with Gasteiger partial charge in [-0.15, -0.1) is 11.3 Å². The number of ether oxygens (including phenoxy) is 1. The van der Waals surface area contributed by atoms with E-state index in [1.807, 2.05) is 0 Å². The minimum absolute atomic E-state index is 0.0691. The quantitative estimate of drug-likeness (QED) is 0.835. The maximum Gasteiger partial charge on any atom is 0.266 e. The van der Waals surface area contributed by atoms with Gasteiger partial charge in [-0.25, -0.2) is 13.3 Å². The van der Waals surface area contributed by atoms with E-state index in [4.69, 9.17) is 4.74 Å². The number of anilines is 1. The second-order valence-corrected chi connectivity index (χ2v) is 8.01. The topological polar surface area (TPSA) is 67.4 Å². The van der Waals surface area contributed by atoms with Crippen molar-refractivity contribution in [3.05, 3.63) is 45.4 Å². The predicted octanol–water partition coefficient (Wildman–Crippen LogP) is 3.16. The van der Waals surface area contributed by atoms with E-state index >= 15 is 0 Å². The van der Waals surface area contributed by atoms with E-state index in [1.165, 1.54) is 23.5 Å². The Labute approximate surface area is 152 Å². The van der Waals surface area contributed by atoms with Crippen LogP contribution in [0.4, 0.5) is 10.1 Å². The molecule has 0 bridgehead atoms. The van der Waals surface area contributed by atoms with Crippen LogP contribution in [0.2, 0.25) is 0 Å². The number of hydrogen-bond acceptors (Lipinski definition) is 4. The monoisotopic (exact) mass is 382 g/mol. The van der Waals surface area contributed by atoms with Crippen LogP contribution in [0.5, 0.6) is 0 Å². The highest BCUT2D eigenvalue weighted by molar-refractivity contribution is 7.83. The summed E-state index contributed by atoms with van der Waals surface area (Å²) in [5, 5.41) is 4.49. The largest absolute Gasteiger partial charge is 0.380 e. The summed E-state index contributed by atoms with van der Waals surface area (Å²) in [6, 6.07) is 4.49. The van der Waals surface area contributed by atoms with Gasteiger partial charge in [-0.3, -0.25) is 4.79 Å². The fourth-order valence-corrected chi connectivity index (χ4v) is 4.96. The van der Waals surface area contributed by atoms with Gasteiger partial charge in [0.2, 0.25) is 0 Å². The third kappa shape index (κ3) is 4.14. The minimum atomic E-state index is -1.38. The SMILES string of the molecule is Cc1cc(NC(=O)c2scc(S(=O)NC3CCOC3)c2C)ccc1F. The first kappa shape index (κ1) is 18.2. The van der Waals surface area contributed by atoms with Gasteiger partial charge in [-0.2, -0.15) is 0 Å². The molecule has 1 fully saturated rings. The Kier molecular flexibility index (Phi) is 5.63. The van der Waals surface area contributed by atoms with Crippen molar-refractivity contribution in [2.45, 2.75) is 31.2 Å². The van der Waals surface area contributed by atoms with Gasteiger partial charge in [0.25, 0.3) is 5.91 Å². The van der Waals surface area contributed by atoms with Gasteiger partial charge < -0.3 is 10.1 Å². The molecule has 1 aromatic heterocycles. The molecule has 0 radical (unpaired) electrons. The fourth-order valence-electron chi connectivity index (χ4n) is 2.56. The zero-order chi connectivity index (χ0) is 18.0. The molecule has 134 valence electrons. The Hall–Kier alpha value is -1.61. The average molecular weight is 382 g/mol.